The Labute approximate surface area is 132 Å². The third-order valence-corrected chi connectivity index (χ3v) is 4.76. The van der Waals surface area contributed by atoms with E-state index in [1.165, 1.54) is 6.08 Å². The van der Waals surface area contributed by atoms with Crippen LogP contribution in [-0.2, 0) is 27.8 Å². The smallest absolute Gasteiger partial charge is 0.233 e. The van der Waals surface area contributed by atoms with Crippen LogP contribution in [0.5, 0.6) is 0 Å². The molecule has 1 aliphatic rings. The van der Waals surface area contributed by atoms with Gasteiger partial charge < -0.3 is 4.90 Å². The van der Waals surface area contributed by atoms with Gasteiger partial charge in [-0.1, -0.05) is 25.1 Å². The van der Waals surface area contributed by atoms with Crippen LogP contribution in [0, 0.1) is 0 Å². The molecule has 5 nitrogen and oxygen atoms in total. The number of aryl methyl sites for hydroxylation is 1. The fourth-order valence-corrected chi connectivity index (χ4v) is 3.43. The maximum atomic E-state index is 12.0. The molecule has 0 saturated carbocycles. The molecular weight excluding hydrogens is 300 g/mol. The van der Waals surface area contributed by atoms with Gasteiger partial charge >= 0.3 is 0 Å². The highest BCUT2D eigenvalue weighted by atomic mass is 32.2. The molecule has 0 unspecified atom stereocenters. The van der Waals surface area contributed by atoms with Gasteiger partial charge in [0.25, 0.3) is 0 Å². The number of nitrogens with one attached hydrogen (secondary N) is 1. The maximum absolute atomic E-state index is 12.0. The Morgan fingerprint density at radius 3 is 2.77 bits per heavy atom. The largest absolute Gasteiger partial charge is 0.312 e. The highest BCUT2D eigenvalue weighted by Gasteiger charge is 2.23. The Hall–Kier alpha value is -1.66. The van der Waals surface area contributed by atoms with Gasteiger partial charge in [0.2, 0.25) is 15.9 Å². The van der Waals surface area contributed by atoms with E-state index in [9.17, 15) is 13.2 Å². The molecule has 1 aliphatic heterocycles. The van der Waals surface area contributed by atoms with Gasteiger partial charge in [-0.15, -0.1) is 0 Å². The minimum Gasteiger partial charge on any atom is -0.312 e. The number of rotatable bonds is 6. The zero-order valence-electron chi connectivity index (χ0n) is 13.0. The monoisotopic (exact) mass is 322 g/mol. The van der Waals surface area contributed by atoms with Crippen molar-refractivity contribution in [2.45, 2.75) is 39.7 Å². The summed E-state index contributed by atoms with van der Waals surface area (Å²) in [6, 6.07) is 5.78. The van der Waals surface area contributed by atoms with Crippen LogP contribution >= 0.6 is 0 Å². The summed E-state index contributed by atoms with van der Waals surface area (Å²) in [6.45, 7) is 4.68. The van der Waals surface area contributed by atoms with Gasteiger partial charge in [-0.05, 0) is 37.0 Å². The zero-order valence-corrected chi connectivity index (χ0v) is 13.8. The molecule has 0 aromatic heterocycles. The molecule has 1 N–H and O–H groups in total. The van der Waals surface area contributed by atoms with Gasteiger partial charge in [0, 0.05) is 30.6 Å². The average Bonchev–Trinajstić information content (AvgIpc) is 2.48. The predicted octanol–water partition coefficient (Wildman–Crippen LogP) is 2.33. The Kier molecular flexibility index (Phi) is 5.37. The van der Waals surface area contributed by atoms with Crippen LogP contribution < -0.4 is 9.62 Å². The van der Waals surface area contributed by atoms with E-state index in [1.807, 2.05) is 30.0 Å². The molecule has 0 spiro atoms. The summed E-state index contributed by atoms with van der Waals surface area (Å²) in [5.41, 5.74) is 2.96. The zero-order chi connectivity index (χ0) is 16.2. The number of hydrogen-bond donors (Lipinski definition) is 1. The number of amides is 1. The number of benzene rings is 1. The molecule has 1 aromatic rings. The minimum atomic E-state index is -3.37. The van der Waals surface area contributed by atoms with E-state index in [0.717, 1.165) is 35.2 Å². The summed E-state index contributed by atoms with van der Waals surface area (Å²) >= 11 is 0. The molecule has 1 aromatic carbocycles. The summed E-state index contributed by atoms with van der Waals surface area (Å²) in [5, 5.41) is 1.15. The van der Waals surface area contributed by atoms with Crippen molar-refractivity contribution in [2.75, 3.05) is 11.4 Å². The Morgan fingerprint density at radius 2 is 2.09 bits per heavy atom. The topological polar surface area (TPSA) is 66.5 Å². The van der Waals surface area contributed by atoms with E-state index >= 15 is 0 Å². The quantitative estimate of drug-likeness (QED) is 0.874. The second-order valence-electron chi connectivity index (χ2n) is 5.34. The number of nitrogens with zero attached hydrogens (tertiary/aromatic N) is 1. The van der Waals surface area contributed by atoms with Crippen LogP contribution in [0.1, 0.15) is 37.8 Å². The van der Waals surface area contributed by atoms with Crippen LogP contribution in [0.2, 0.25) is 0 Å². The van der Waals surface area contributed by atoms with E-state index in [1.54, 1.807) is 6.92 Å². The summed E-state index contributed by atoms with van der Waals surface area (Å²) in [4.78, 5) is 13.8. The van der Waals surface area contributed by atoms with Crippen LogP contribution in [0.15, 0.2) is 29.7 Å². The summed E-state index contributed by atoms with van der Waals surface area (Å²) < 4.78 is 25.8. The highest BCUT2D eigenvalue weighted by Crippen LogP contribution is 2.29. The fraction of sp³-hybridized carbons (Fsp3) is 0.438. The molecule has 1 amide bonds. The van der Waals surface area contributed by atoms with E-state index in [0.29, 0.717) is 12.8 Å². The number of carbonyl (C=O) groups is 1. The van der Waals surface area contributed by atoms with Crippen LogP contribution in [0.3, 0.4) is 0 Å². The van der Waals surface area contributed by atoms with E-state index in [2.05, 4.69) is 4.72 Å². The second kappa shape index (κ2) is 7.07. The van der Waals surface area contributed by atoms with Crippen molar-refractivity contribution in [3.63, 3.8) is 0 Å². The number of sulfonamides is 1. The van der Waals surface area contributed by atoms with E-state index < -0.39 is 10.0 Å². The Bertz CT molecular complexity index is 681. The van der Waals surface area contributed by atoms with Crippen LogP contribution in [-0.4, -0.2) is 20.9 Å². The van der Waals surface area contributed by atoms with Crippen molar-refractivity contribution in [1.29, 1.82) is 0 Å². The first-order valence-corrected chi connectivity index (χ1v) is 9.06. The molecule has 2 rings (SSSR count). The first kappa shape index (κ1) is 16.7. The van der Waals surface area contributed by atoms with Crippen molar-refractivity contribution in [3.8, 4) is 0 Å². The number of hydrogen-bond acceptors (Lipinski definition) is 3. The van der Waals surface area contributed by atoms with E-state index in [4.69, 9.17) is 0 Å². The lowest BCUT2D eigenvalue weighted by Gasteiger charge is -2.29. The average molecular weight is 322 g/mol. The summed E-state index contributed by atoms with van der Waals surface area (Å²) in [6.07, 6.45) is 3.63. The molecule has 6 heteroatoms. The Morgan fingerprint density at radius 1 is 1.32 bits per heavy atom. The molecule has 1 heterocycles. The SMILES string of the molecule is C/C=C/S(=O)(=O)NCc1ccc2c(c1)CCC(=O)N2CCC. The summed E-state index contributed by atoms with van der Waals surface area (Å²) in [7, 11) is -3.37. The predicted molar refractivity (Wildman–Crippen MR) is 88.0 cm³/mol. The molecule has 22 heavy (non-hydrogen) atoms. The molecule has 0 radical (unpaired) electrons. The van der Waals surface area contributed by atoms with Crippen molar-refractivity contribution in [3.05, 3.63) is 40.8 Å². The van der Waals surface area contributed by atoms with Gasteiger partial charge in [0.05, 0.1) is 0 Å². The third-order valence-electron chi connectivity index (χ3n) is 3.58. The van der Waals surface area contributed by atoms with Crippen LogP contribution in [0.4, 0.5) is 5.69 Å². The number of anilines is 1. The normalized spacial score (nSPS) is 15.4. The fourth-order valence-electron chi connectivity index (χ4n) is 2.60. The van der Waals surface area contributed by atoms with Crippen LogP contribution in [0.25, 0.3) is 0 Å². The van der Waals surface area contributed by atoms with Crippen molar-refractivity contribution in [1.82, 2.24) is 4.72 Å². The summed E-state index contributed by atoms with van der Waals surface area (Å²) in [5.74, 6) is 0.163. The molecule has 120 valence electrons. The second-order valence-corrected chi connectivity index (χ2v) is 6.99. The lowest BCUT2D eigenvalue weighted by Crippen LogP contribution is -2.35. The molecule has 0 aliphatic carbocycles. The van der Waals surface area contributed by atoms with Gasteiger partial charge in [-0.2, -0.15) is 0 Å². The lowest BCUT2D eigenvalue weighted by molar-refractivity contribution is -0.118. The van der Waals surface area contributed by atoms with Crippen molar-refractivity contribution >= 4 is 21.6 Å². The first-order valence-electron chi connectivity index (χ1n) is 7.51. The van der Waals surface area contributed by atoms with Gasteiger partial charge in [-0.25, -0.2) is 13.1 Å². The maximum Gasteiger partial charge on any atom is 0.233 e. The first-order chi connectivity index (χ1) is 10.5. The lowest BCUT2D eigenvalue weighted by atomic mass is 9.98. The van der Waals surface area contributed by atoms with Gasteiger partial charge in [0.15, 0.2) is 0 Å². The standard InChI is InChI=1S/C16H22N2O3S/c1-3-9-18-15-7-5-13(11-14(15)6-8-16(18)19)12-17-22(20,21)10-4-2/h4-5,7,10-11,17H,3,6,8-9,12H2,1-2H3/b10-4+. The minimum absolute atomic E-state index is 0.163. The molecule has 0 atom stereocenters. The third kappa shape index (κ3) is 3.96. The van der Waals surface area contributed by atoms with Crippen molar-refractivity contribution < 1.29 is 13.2 Å². The molecule has 0 bridgehead atoms. The highest BCUT2D eigenvalue weighted by molar-refractivity contribution is 7.92. The van der Waals surface area contributed by atoms with Gasteiger partial charge in [0.1, 0.15) is 0 Å². The molecule has 0 fully saturated rings. The molecule has 0 saturated heterocycles. The van der Waals surface area contributed by atoms with Gasteiger partial charge in [-0.3, -0.25) is 4.79 Å². The van der Waals surface area contributed by atoms with E-state index in [-0.39, 0.29) is 12.5 Å². The number of carbonyl (C=O) groups excluding carboxylic acids is 1. The number of fused-ring (bicyclic) bond motifs is 1. The number of allylic oxidation sites excluding steroid dienone is 1. The van der Waals surface area contributed by atoms with Crippen molar-refractivity contribution in [2.24, 2.45) is 0 Å². The molecular formula is C16H22N2O3S. The Balaban J connectivity index is 2.17.